The highest BCUT2D eigenvalue weighted by atomic mass is 32.2. The number of hydrogen-bond acceptors (Lipinski definition) is 5. The minimum atomic E-state index is -4.20. The fraction of sp³-hybridized carbons (Fsp3) is 0.300. The first-order valence-corrected chi connectivity index (χ1v) is 10.7. The molecule has 0 aliphatic rings. The van der Waals surface area contributed by atoms with E-state index in [1.165, 1.54) is 0 Å². The fourth-order valence-corrected chi connectivity index (χ4v) is 3.08. The summed E-state index contributed by atoms with van der Waals surface area (Å²) in [6.07, 6.45) is 0.525. The Balaban J connectivity index is 2.03. The van der Waals surface area contributed by atoms with Crippen LogP contribution in [-0.2, 0) is 32.5 Å². The zero-order chi connectivity index (χ0) is 21.3. The highest BCUT2D eigenvalue weighted by molar-refractivity contribution is 7.85. The molecule has 5 N–H and O–H groups in total. The molecular formula is C20H25N3O5S. The van der Waals surface area contributed by atoms with E-state index in [0.29, 0.717) is 6.42 Å². The summed E-state index contributed by atoms with van der Waals surface area (Å²) in [5.41, 5.74) is 7.71. The molecule has 0 aliphatic carbocycles. The van der Waals surface area contributed by atoms with Crippen molar-refractivity contribution in [3.8, 4) is 0 Å². The second-order valence-electron chi connectivity index (χ2n) is 6.62. The Kier molecular flexibility index (Phi) is 8.32. The third-order valence-electron chi connectivity index (χ3n) is 4.21. The second kappa shape index (κ2) is 10.7. The molecule has 2 amide bonds. The van der Waals surface area contributed by atoms with Crippen LogP contribution in [0.4, 0.5) is 0 Å². The topological polar surface area (TPSA) is 139 Å². The maximum absolute atomic E-state index is 12.5. The fourth-order valence-electron chi connectivity index (χ4n) is 2.72. The molecule has 0 aliphatic heterocycles. The number of nitrogens with two attached hydrogens (primary N) is 1. The Morgan fingerprint density at radius 2 is 1.41 bits per heavy atom. The monoisotopic (exact) mass is 419 g/mol. The molecule has 2 rings (SSSR count). The molecule has 0 saturated heterocycles. The largest absolute Gasteiger partial charge is 0.353 e. The van der Waals surface area contributed by atoms with Gasteiger partial charge in [-0.15, -0.1) is 0 Å². The average molecular weight is 420 g/mol. The van der Waals surface area contributed by atoms with Gasteiger partial charge in [-0.1, -0.05) is 60.7 Å². The number of hydrogen-bond donors (Lipinski definition) is 4. The van der Waals surface area contributed by atoms with Gasteiger partial charge in [0, 0.05) is 13.0 Å². The van der Waals surface area contributed by atoms with Crippen molar-refractivity contribution in [2.75, 3.05) is 12.3 Å². The van der Waals surface area contributed by atoms with Crippen LogP contribution in [0, 0.1) is 0 Å². The summed E-state index contributed by atoms with van der Waals surface area (Å²) in [5, 5.41) is 5.06. The van der Waals surface area contributed by atoms with Crippen molar-refractivity contribution in [2.24, 2.45) is 5.73 Å². The van der Waals surface area contributed by atoms with E-state index in [0.717, 1.165) is 11.1 Å². The summed E-state index contributed by atoms with van der Waals surface area (Å²) in [5.74, 6) is -1.66. The first-order chi connectivity index (χ1) is 13.7. The molecule has 0 saturated carbocycles. The molecule has 0 radical (unpaired) electrons. The Morgan fingerprint density at radius 3 is 1.93 bits per heavy atom. The molecule has 0 unspecified atom stereocenters. The summed E-state index contributed by atoms with van der Waals surface area (Å²) >= 11 is 0. The summed E-state index contributed by atoms with van der Waals surface area (Å²) in [7, 11) is -4.20. The number of rotatable bonds is 10. The van der Waals surface area contributed by atoms with E-state index in [2.05, 4.69) is 10.6 Å². The molecule has 29 heavy (non-hydrogen) atoms. The van der Waals surface area contributed by atoms with Crippen LogP contribution >= 0.6 is 0 Å². The van der Waals surface area contributed by atoms with Gasteiger partial charge in [0.15, 0.2) is 0 Å². The molecule has 8 nitrogen and oxygen atoms in total. The number of nitrogens with one attached hydrogen (secondary N) is 2. The predicted octanol–water partition coefficient (Wildman–Crippen LogP) is 0.288. The third kappa shape index (κ3) is 8.43. The van der Waals surface area contributed by atoms with Gasteiger partial charge in [0.05, 0.1) is 11.8 Å². The molecule has 2 atom stereocenters. The zero-order valence-corrected chi connectivity index (χ0v) is 16.6. The van der Waals surface area contributed by atoms with Crippen LogP contribution in [0.5, 0.6) is 0 Å². The lowest BCUT2D eigenvalue weighted by atomic mass is 10.0. The van der Waals surface area contributed by atoms with Gasteiger partial charge in [0.1, 0.15) is 6.04 Å². The van der Waals surface area contributed by atoms with Crippen LogP contribution in [0.25, 0.3) is 0 Å². The molecule has 0 bridgehead atoms. The maximum Gasteiger partial charge on any atom is 0.266 e. The zero-order valence-electron chi connectivity index (χ0n) is 15.8. The first kappa shape index (κ1) is 22.5. The van der Waals surface area contributed by atoms with E-state index >= 15 is 0 Å². The molecule has 0 aromatic heterocycles. The van der Waals surface area contributed by atoms with Gasteiger partial charge in [-0.2, -0.15) is 8.42 Å². The van der Waals surface area contributed by atoms with Crippen molar-refractivity contribution < 1.29 is 22.6 Å². The lowest BCUT2D eigenvalue weighted by Gasteiger charge is -2.21. The lowest BCUT2D eigenvalue weighted by Crippen LogP contribution is -2.53. The maximum atomic E-state index is 12.5. The van der Waals surface area contributed by atoms with Crippen LogP contribution in [0.3, 0.4) is 0 Å². The molecule has 156 valence electrons. The predicted molar refractivity (Wildman–Crippen MR) is 110 cm³/mol. The highest BCUT2D eigenvalue weighted by Crippen LogP contribution is 2.06. The molecule has 0 spiro atoms. The van der Waals surface area contributed by atoms with Gasteiger partial charge in [0.2, 0.25) is 11.8 Å². The Bertz CT molecular complexity index is 904. The average Bonchev–Trinajstić information content (AvgIpc) is 2.68. The van der Waals surface area contributed by atoms with Crippen molar-refractivity contribution >= 4 is 21.9 Å². The van der Waals surface area contributed by atoms with E-state index in [1.54, 1.807) is 0 Å². The van der Waals surface area contributed by atoms with Crippen LogP contribution in [-0.4, -0.2) is 49.2 Å². The normalized spacial score (nSPS) is 13.3. The molecule has 9 heteroatoms. The van der Waals surface area contributed by atoms with Crippen LogP contribution in [0.1, 0.15) is 11.1 Å². The third-order valence-corrected chi connectivity index (χ3v) is 4.93. The van der Waals surface area contributed by atoms with Crippen LogP contribution in [0.2, 0.25) is 0 Å². The molecular weight excluding hydrogens is 394 g/mol. The smallest absolute Gasteiger partial charge is 0.266 e. The van der Waals surface area contributed by atoms with E-state index in [9.17, 15) is 18.0 Å². The van der Waals surface area contributed by atoms with Crippen LogP contribution in [0.15, 0.2) is 60.7 Å². The van der Waals surface area contributed by atoms with Gasteiger partial charge in [0.25, 0.3) is 10.1 Å². The quantitative estimate of drug-likeness (QED) is 0.408. The second-order valence-corrected chi connectivity index (χ2v) is 8.20. The molecule has 2 aromatic rings. The number of amides is 2. The molecule has 0 fully saturated rings. The molecule has 2 aromatic carbocycles. The minimum absolute atomic E-state index is 0.211. The van der Waals surface area contributed by atoms with Gasteiger partial charge in [-0.3, -0.25) is 14.1 Å². The van der Waals surface area contributed by atoms with Gasteiger partial charge in [-0.05, 0) is 17.5 Å². The minimum Gasteiger partial charge on any atom is -0.353 e. The highest BCUT2D eigenvalue weighted by Gasteiger charge is 2.24. The van der Waals surface area contributed by atoms with Crippen molar-refractivity contribution in [3.63, 3.8) is 0 Å². The molecule has 0 heterocycles. The summed E-state index contributed by atoms with van der Waals surface area (Å²) in [6.45, 7) is -0.269. The Labute approximate surface area is 170 Å². The van der Waals surface area contributed by atoms with Gasteiger partial charge < -0.3 is 16.4 Å². The summed E-state index contributed by atoms with van der Waals surface area (Å²) in [6, 6.07) is 16.6. The van der Waals surface area contributed by atoms with Crippen LogP contribution < -0.4 is 16.4 Å². The first-order valence-electron chi connectivity index (χ1n) is 9.11. The summed E-state index contributed by atoms with van der Waals surface area (Å²) < 4.78 is 30.5. The van der Waals surface area contributed by atoms with Gasteiger partial charge >= 0.3 is 0 Å². The SMILES string of the molecule is N[C@H](Cc1ccccc1)C(=O)N[C@H](Cc1ccccc1)C(=O)NCCS(=O)(=O)O. The van der Waals surface area contributed by atoms with Gasteiger partial charge in [-0.25, -0.2) is 0 Å². The van der Waals surface area contributed by atoms with E-state index < -0.39 is 39.8 Å². The van der Waals surface area contributed by atoms with E-state index in [-0.39, 0.29) is 13.0 Å². The number of carbonyl (C=O) groups is 2. The summed E-state index contributed by atoms with van der Waals surface area (Å²) in [4.78, 5) is 25.0. The number of benzene rings is 2. The lowest BCUT2D eigenvalue weighted by molar-refractivity contribution is -0.129. The van der Waals surface area contributed by atoms with Crippen molar-refractivity contribution in [2.45, 2.75) is 24.9 Å². The van der Waals surface area contributed by atoms with Crippen molar-refractivity contribution in [1.29, 1.82) is 0 Å². The van der Waals surface area contributed by atoms with E-state index in [1.807, 2.05) is 60.7 Å². The Morgan fingerprint density at radius 1 is 0.897 bits per heavy atom. The standard InChI is InChI=1S/C20H25N3O5S/c21-17(13-15-7-3-1-4-8-15)19(24)23-18(14-16-9-5-2-6-10-16)20(25)22-11-12-29(26,27)28/h1-10,17-18H,11-14,21H2,(H,22,25)(H,23,24)(H,26,27,28)/t17-,18-/m1/s1. The Hall–Kier alpha value is -2.75. The number of carbonyl (C=O) groups excluding carboxylic acids is 2. The van der Waals surface area contributed by atoms with Crippen molar-refractivity contribution in [3.05, 3.63) is 71.8 Å². The van der Waals surface area contributed by atoms with Crippen molar-refractivity contribution in [1.82, 2.24) is 10.6 Å². The van der Waals surface area contributed by atoms with E-state index in [4.69, 9.17) is 10.3 Å².